The molecule has 0 saturated carbocycles. The van der Waals surface area contributed by atoms with Gasteiger partial charge >= 0.3 is 0 Å². The lowest BCUT2D eigenvalue weighted by Gasteiger charge is -2.12. The summed E-state index contributed by atoms with van der Waals surface area (Å²) in [6, 6.07) is 18.3. The van der Waals surface area contributed by atoms with Crippen molar-refractivity contribution in [3.8, 4) is 11.5 Å². The molecule has 2 aromatic carbocycles. The minimum atomic E-state index is -3.56. The maximum atomic E-state index is 12.2. The molecule has 0 fully saturated rings. The predicted molar refractivity (Wildman–Crippen MR) is 113 cm³/mol. The molecule has 1 N–H and O–H groups in total. The van der Waals surface area contributed by atoms with Gasteiger partial charge in [-0.25, -0.2) is 13.1 Å². The van der Waals surface area contributed by atoms with Crippen molar-refractivity contribution in [2.24, 2.45) is 0 Å². The van der Waals surface area contributed by atoms with Crippen molar-refractivity contribution in [2.45, 2.75) is 13.2 Å². The monoisotopic (exact) mass is 410 g/mol. The highest BCUT2D eigenvalue weighted by atomic mass is 32.2. The Morgan fingerprint density at radius 2 is 1.83 bits per heavy atom. The molecule has 1 heterocycles. The van der Waals surface area contributed by atoms with Crippen LogP contribution >= 0.6 is 0 Å². The number of hydrogen-bond donors (Lipinski definition) is 1. The molecule has 3 aromatic rings. The number of pyridine rings is 1. The van der Waals surface area contributed by atoms with Crippen LogP contribution in [0.1, 0.15) is 16.7 Å². The number of rotatable bonds is 9. The molecule has 0 spiro atoms. The van der Waals surface area contributed by atoms with Gasteiger partial charge in [-0.3, -0.25) is 4.98 Å². The topological polar surface area (TPSA) is 77.5 Å². The van der Waals surface area contributed by atoms with Gasteiger partial charge in [0.25, 0.3) is 0 Å². The van der Waals surface area contributed by atoms with Crippen LogP contribution in [0, 0.1) is 0 Å². The third kappa shape index (κ3) is 6.44. The van der Waals surface area contributed by atoms with Crippen molar-refractivity contribution < 1.29 is 17.9 Å². The van der Waals surface area contributed by atoms with Crippen LogP contribution in [0.2, 0.25) is 0 Å². The van der Waals surface area contributed by atoms with Gasteiger partial charge in [0, 0.05) is 29.9 Å². The number of ether oxygens (including phenoxy) is 2. The number of nitrogens with one attached hydrogen (secondary N) is 1. The molecule has 0 saturated heterocycles. The first-order valence-corrected chi connectivity index (χ1v) is 10.5. The van der Waals surface area contributed by atoms with Gasteiger partial charge in [-0.05, 0) is 35.4 Å². The third-order valence-corrected chi connectivity index (χ3v) is 5.10. The second kappa shape index (κ2) is 9.86. The zero-order valence-electron chi connectivity index (χ0n) is 16.0. The first kappa shape index (κ1) is 20.6. The fraction of sp³-hybridized carbons (Fsp3) is 0.136. The second-order valence-electron chi connectivity index (χ2n) is 6.21. The van der Waals surface area contributed by atoms with E-state index in [-0.39, 0.29) is 6.54 Å². The molecule has 0 aliphatic heterocycles. The Morgan fingerprint density at radius 3 is 2.55 bits per heavy atom. The smallest absolute Gasteiger partial charge is 0.234 e. The SMILES string of the molecule is COc1cc(CNS(=O)(=O)C=Cc2ccccc2)ccc1OCc1cccnc1. The average Bonchev–Trinajstić information content (AvgIpc) is 2.76. The lowest BCUT2D eigenvalue weighted by atomic mass is 10.2. The number of sulfonamides is 1. The molecule has 0 aliphatic rings. The van der Waals surface area contributed by atoms with Gasteiger partial charge in [0.15, 0.2) is 11.5 Å². The van der Waals surface area contributed by atoms with Gasteiger partial charge in [0.05, 0.1) is 7.11 Å². The van der Waals surface area contributed by atoms with Crippen LogP contribution in [0.5, 0.6) is 11.5 Å². The molecular weight excluding hydrogens is 388 g/mol. The standard InChI is InChI=1S/C22H22N2O4S/c1-27-22-14-19(9-10-21(22)28-17-20-8-5-12-23-15-20)16-24-29(25,26)13-11-18-6-3-2-4-7-18/h2-15,24H,16-17H2,1H3. The summed E-state index contributed by atoms with van der Waals surface area (Å²) in [5.41, 5.74) is 2.51. The van der Waals surface area contributed by atoms with Crippen LogP contribution in [-0.2, 0) is 23.2 Å². The van der Waals surface area contributed by atoms with E-state index >= 15 is 0 Å². The second-order valence-corrected chi connectivity index (χ2v) is 7.87. The van der Waals surface area contributed by atoms with E-state index in [0.29, 0.717) is 18.1 Å². The molecule has 0 atom stereocenters. The summed E-state index contributed by atoms with van der Waals surface area (Å²) in [4.78, 5) is 4.05. The summed E-state index contributed by atoms with van der Waals surface area (Å²) in [6.45, 7) is 0.501. The molecule has 0 unspecified atom stereocenters. The first-order chi connectivity index (χ1) is 14.1. The lowest BCUT2D eigenvalue weighted by Crippen LogP contribution is -2.20. The van der Waals surface area contributed by atoms with Crippen LogP contribution < -0.4 is 14.2 Å². The molecule has 29 heavy (non-hydrogen) atoms. The van der Waals surface area contributed by atoms with E-state index in [1.54, 1.807) is 43.8 Å². The Hall–Kier alpha value is -3.16. The predicted octanol–water partition coefficient (Wildman–Crippen LogP) is 3.76. The van der Waals surface area contributed by atoms with E-state index in [4.69, 9.17) is 9.47 Å². The van der Waals surface area contributed by atoms with E-state index in [9.17, 15) is 8.42 Å². The molecule has 7 heteroatoms. The number of benzene rings is 2. The highest BCUT2D eigenvalue weighted by Crippen LogP contribution is 2.28. The van der Waals surface area contributed by atoms with Crippen molar-refractivity contribution in [2.75, 3.05) is 7.11 Å². The Bertz CT molecular complexity index is 1050. The zero-order valence-corrected chi connectivity index (χ0v) is 16.8. The van der Waals surface area contributed by atoms with E-state index in [2.05, 4.69) is 9.71 Å². The fourth-order valence-corrected chi connectivity index (χ4v) is 3.35. The summed E-state index contributed by atoms with van der Waals surface area (Å²) in [6.07, 6.45) is 4.99. The Labute approximate surface area is 170 Å². The van der Waals surface area contributed by atoms with Crippen molar-refractivity contribution in [1.29, 1.82) is 0 Å². The molecule has 1 aromatic heterocycles. The molecule has 0 amide bonds. The maximum Gasteiger partial charge on any atom is 0.234 e. The molecular formula is C22H22N2O4S. The lowest BCUT2D eigenvalue weighted by molar-refractivity contribution is 0.284. The Morgan fingerprint density at radius 1 is 1.00 bits per heavy atom. The minimum absolute atomic E-state index is 0.140. The van der Waals surface area contributed by atoms with Gasteiger partial charge in [0.1, 0.15) is 6.61 Å². The molecule has 0 radical (unpaired) electrons. The molecule has 6 nitrogen and oxygen atoms in total. The van der Waals surface area contributed by atoms with Gasteiger partial charge in [-0.1, -0.05) is 42.5 Å². The normalized spacial score (nSPS) is 11.5. The highest BCUT2D eigenvalue weighted by Gasteiger charge is 2.09. The number of hydrogen-bond acceptors (Lipinski definition) is 5. The minimum Gasteiger partial charge on any atom is -0.493 e. The summed E-state index contributed by atoms with van der Waals surface area (Å²) in [7, 11) is -2.02. The molecule has 150 valence electrons. The van der Waals surface area contributed by atoms with E-state index in [1.807, 2.05) is 42.5 Å². The molecule has 0 bridgehead atoms. The van der Waals surface area contributed by atoms with Gasteiger partial charge in [-0.15, -0.1) is 0 Å². The average molecular weight is 410 g/mol. The summed E-state index contributed by atoms with van der Waals surface area (Å²) in [5.74, 6) is 1.11. The Kier molecular flexibility index (Phi) is 6.99. The number of aromatic nitrogens is 1. The quantitative estimate of drug-likeness (QED) is 0.581. The fourth-order valence-electron chi connectivity index (χ4n) is 2.55. The van der Waals surface area contributed by atoms with Gasteiger partial charge in [0.2, 0.25) is 10.0 Å². The van der Waals surface area contributed by atoms with Crippen molar-refractivity contribution in [3.63, 3.8) is 0 Å². The van der Waals surface area contributed by atoms with Crippen LogP contribution in [0.4, 0.5) is 0 Å². The van der Waals surface area contributed by atoms with Crippen LogP contribution in [0.15, 0.2) is 78.5 Å². The summed E-state index contributed by atoms with van der Waals surface area (Å²) >= 11 is 0. The number of methoxy groups -OCH3 is 1. The summed E-state index contributed by atoms with van der Waals surface area (Å²) in [5, 5.41) is 1.16. The van der Waals surface area contributed by atoms with Crippen molar-refractivity contribution in [1.82, 2.24) is 9.71 Å². The largest absolute Gasteiger partial charge is 0.493 e. The zero-order chi connectivity index (χ0) is 20.5. The van der Waals surface area contributed by atoms with Crippen molar-refractivity contribution in [3.05, 3.63) is 95.2 Å². The summed E-state index contributed by atoms with van der Waals surface area (Å²) < 4.78 is 38.1. The number of nitrogens with zero attached hydrogens (tertiary/aromatic N) is 1. The van der Waals surface area contributed by atoms with Crippen LogP contribution in [0.25, 0.3) is 6.08 Å². The van der Waals surface area contributed by atoms with Gasteiger partial charge < -0.3 is 9.47 Å². The molecule has 3 rings (SSSR count). The van der Waals surface area contributed by atoms with Crippen molar-refractivity contribution >= 4 is 16.1 Å². The van der Waals surface area contributed by atoms with Crippen LogP contribution in [-0.4, -0.2) is 20.5 Å². The van der Waals surface area contributed by atoms with E-state index < -0.39 is 10.0 Å². The Balaban J connectivity index is 1.61. The van der Waals surface area contributed by atoms with E-state index in [0.717, 1.165) is 22.1 Å². The van der Waals surface area contributed by atoms with Crippen LogP contribution in [0.3, 0.4) is 0 Å². The first-order valence-electron chi connectivity index (χ1n) is 8.97. The highest BCUT2D eigenvalue weighted by molar-refractivity contribution is 7.92. The van der Waals surface area contributed by atoms with E-state index in [1.165, 1.54) is 0 Å². The maximum absolute atomic E-state index is 12.2. The third-order valence-electron chi connectivity index (χ3n) is 4.06. The van der Waals surface area contributed by atoms with Gasteiger partial charge in [-0.2, -0.15) is 0 Å². The molecule has 0 aliphatic carbocycles.